The van der Waals surface area contributed by atoms with Crippen LogP contribution in [0.1, 0.15) is 22.6 Å². The van der Waals surface area contributed by atoms with Crippen LogP contribution in [-0.2, 0) is 0 Å². The smallest absolute Gasteiger partial charge is 0.101 e. The van der Waals surface area contributed by atoms with Crippen molar-refractivity contribution in [2.75, 3.05) is 0 Å². The molecule has 0 saturated carbocycles. The third-order valence-corrected chi connectivity index (χ3v) is 4.38. The van der Waals surface area contributed by atoms with Crippen molar-refractivity contribution in [2.45, 2.75) is 5.92 Å². The van der Waals surface area contributed by atoms with Crippen molar-refractivity contribution in [1.82, 2.24) is 0 Å². The molecule has 3 aromatic carbocycles. The van der Waals surface area contributed by atoms with Crippen molar-refractivity contribution in [2.24, 2.45) is 10.3 Å². The Morgan fingerprint density at radius 2 is 1.22 bits per heavy atom. The van der Waals surface area contributed by atoms with Gasteiger partial charge in [-0.2, -0.15) is 0 Å². The van der Waals surface area contributed by atoms with Gasteiger partial charge in [0, 0.05) is 11.1 Å². The van der Waals surface area contributed by atoms with E-state index in [0.717, 1.165) is 27.5 Å². The molecule has 1 aliphatic carbocycles. The Morgan fingerprint density at radius 3 is 1.87 bits per heavy atom. The number of nitrogens with zero attached hydrogens (tertiary/aromatic N) is 2. The van der Waals surface area contributed by atoms with E-state index < -0.39 is 5.92 Å². The lowest BCUT2D eigenvalue weighted by atomic mass is 9.89. The summed E-state index contributed by atoms with van der Waals surface area (Å²) in [5.74, 6) is -0.395. The first kappa shape index (κ1) is 13.5. The highest BCUT2D eigenvalue weighted by molar-refractivity contribution is 6.33. The molecule has 4 rings (SSSR count). The standard InChI is InChI=1S/C19H14N2O2/c22-20-18-15-9-3-4-10-16(15)19(21-23)17(18)14-11-5-7-12-6-1-2-8-13(12)14/h1-11,17,22-23H/b20-18+,21-19+. The first-order valence-electron chi connectivity index (χ1n) is 7.36. The quantitative estimate of drug-likeness (QED) is 0.527. The fraction of sp³-hybridized carbons (Fsp3) is 0.0526. The van der Waals surface area contributed by atoms with Crippen LogP contribution in [0, 0.1) is 0 Å². The number of hydrogen-bond donors (Lipinski definition) is 2. The lowest BCUT2D eigenvalue weighted by Gasteiger charge is -2.14. The first-order chi connectivity index (χ1) is 11.3. The molecule has 4 nitrogen and oxygen atoms in total. The highest BCUT2D eigenvalue weighted by Gasteiger charge is 2.37. The van der Waals surface area contributed by atoms with E-state index in [1.165, 1.54) is 0 Å². The predicted molar refractivity (Wildman–Crippen MR) is 89.8 cm³/mol. The van der Waals surface area contributed by atoms with E-state index in [9.17, 15) is 10.4 Å². The van der Waals surface area contributed by atoms with E-state index in [2.05, 4.69) is 10.3 Å². The molecule has 1 aliphatic rings. The Balaban J connectivity index is 2.02. The van der Waals surface area contributed by atoms with E-state index in [-0.39, 0.29) is 0 Å². The van der Waals surface area contributed by atoms with Gasteiger partial charge in [0.2, 0.25) is 0 Å². The molecule has 0 atom stereocenters. The molecule has 0 amide bonds. The molecule has 3 aromatic rings. The summed E-state index contributed by atoms with van der Waals surface area (Å²) in [7, 11) is 0. The van der Waals surface area contributed by atoms with Crippen molar-refractivity contribution in [3.63, 3.8) is 0 Å². The van der Waals surface area contributed by atoms with Crippen LogP contribution in [-0.4, -0.2) is 21.8 Å². The zero-order chi connectivity index (χ0) is 15.8. The second kappa shape index (κ2) is 5.25. The number of oxime groups is 2. The second-order valence-corrected chi connectivity index (χ2v) is 5.52. The minimum Gasteiger partial charge on any atom is -0.411 e. The fourth-order valence-electron chi connectivity index (χ4n) is 3.39. The Kier molecular flexibility index (Phi) is 3.08. The van der Waals surface area contributed by atoms with Gasteiger partial charge < -0.3 is 10.4 Å². The van der Waals surface area contributed by atoms with Crippen molar-refractivity contribution < 1.29 is 10.4 Å². The maximum atomic E-state index is 9.58. The maximum absolute atomic E-state index is 9.58. The molecule has 2 N–H and O–H groups in total. The van der Waals surface area contributed by atoms with Gasteiger partial charge >= 0.3 is 0 Å². The summed E-state index contributed by atoms with van der Waals surface area (Å²) in [6.07, 6.45) is 0. The lowest BCUT2D eigenvalue weighted by Crippen LogP contribution is -2.15. The monoisotopic (exact) mass is 302 g/mol. The zero-order valence-corrected chi connectivity index (χ0v) is 12.2. The van der Waals surface area contributed by atoms with Crippen molar-refractivity contribution in [3.8, 4) is 0 Å². The SMILES string of the molecule is O/N=C1\c2ccccc2/C(=N\O)C1c1cccc2ccccc12. The molecule has 0 aromatic heterocycles. The van der Waals surface area contributed by atoms with Crippen LogP contribution >= 0.6 is 0 Å². The van der Waals surface area contributed by atoms with Crippen LogP contribution in [0.2, 0.25) is 0 Å². The molecule has 0 fully saturated rings. The minimum atomic E-state index is -0.395. The summed E-state index contributed by atoms with van der Waals surface area (Å²) in [4.78, 5) is 0. The number of fused-ring (bicyclic) bond motifs is 2. The molecule has 0 heterocycles. The third-order valence-electron chi connectivity index (χ3n) is 4.38. The first-order valence-corrected chi connectivity index (χ1v) is 7.36. The highest BCUT2D eigenvalue weighted by Crippen LogP contribution is 2.38. The van der Waals surface area contributed by atoms with Crippen LogP contribution in [0.25, 0.3) is 10.8 Å². The van der Waals surface area contributed by atoms with Gasteiger partial charge in [-0.3, -0.25) is 0 Å². The molecule has 0 saturated heterocycles. The molecule has 112 valence electrons. The van der Waals surface area contributed by atoms with Gasteiger partial charge in [0.25, 0.3) is 0 Å². The van der Waals surface area contributed by atoms with E-state index in [0.29, 0.717) is 11.4 Å². The average molecular weight is 302 g/mol. The zero-order valence-electron chi connectivity index (χ0n) is 12.2. The lowest BCUT2D eigenvalue weighted by molar-refractivity contribution is 0.315. The second-order valence-electron chi connectivity index (χ2n) is 5.52. The maximum Gasteiger partial charge on any atom is 0.101 e. The summed E-state index contributed by atoms with van der Waals surface area (Å²) in [5.41, 5.74) is 3.55. The van der Waals surface area contributed by atoms with Gasteiger partial charge in [-0.15, -0.1) is 0 Å². The molecular weight excluding hydrogens is 288 g/mol. The summed E-state index contributed by atoms with van der Waals surface area (Å²) in [6, 6.07) is 21.5. The van der Waals surface area contributed by atoms with Gasteiger partial charge in [-0.05, 0) is 16.3 Å². The Bertz CT molecular complexity index is 916. The average Bonchev–Trinajstić information content (AvgIpc) is 2.94. The molecule has 23 heavy (non-hydrogen) atoms. The summed E-state index contributed by atoms with van der Waals surface area (Å²) < 4.78 is 0. The van der Waals surface area contributed by atoms with Gasteiger partial charge in [0.05, 0.1) is 5.92 Å². The molecule has 0 radical (unpaired) electrons. The van der Waals surface area contributed by atoms with Crippen LogP contribution in [0.4, 0.5) is 0 Å². The van der Waals surface area contributed by atoms with Gasteiger partial charge in [0.15, 0.2) is 0 Å². The topological polar surface area (TPSA) is 65.2 Å². The van der Waals surface area contributed by atoms with Crippen molar-refractivity contribution in [3.05, 3.63) is 83.4 Å². The largest absolute Gasteiger partial charge is 0.411 e. The van der Waals surface area contributed by atoms with Crippen LogP contribution in [0.5, 0.6) is 0 Å². The van der Waals surface area contributed by atoms with Gasteiger partial charge in [0.1, 0.15) is 11.4 Å². The van der Waals surface area contributed by atoms with Crippen LogP contribution in [0.15, 0.2) is 77.0 Å². The molecule has 0 spiro atoms. The van der Waals surface area contributed by atoms with Gasteiger partial charge in [-0.25, -0.2) is 0 Å². The molecule has 0 bridgehead atoms. The van der Waals surface area contributed by atoms with Gasteiger partial charge in [-0.1, -0.05) is 77.0 Å². The third kappa shape index (κ3) is 1.92. The molecule has 0 unspecified atom stereocenters. The van der Waals surface area contributed by atoms with E-state index in [1.54, 1.807) is 0 Å². The van der Waals surface area contributed by atoms with E-state index in [1.807, 2.05) is 66.7 Å². The summed E-state index contributed by atoms with van der Waals surface area (Å²) in [6.45, 7) is 0. The van der Waals surface area contributed by atoms with Crippen molar-refractivity contribution >= 4 is 22.2 Å². The molecule has 0 aliphatic heterocycles. The molecular formula is C19H14N2O2. The number of rotatable bonds is 1. The highest BCUT2D eigenvalue weighted by atomic mass is 16.4. The Morgan fingerprint density at radius 1 is 0.652 bits per heavy atom. The van der Waals surface area contributed by atoms with Crippen LogP contribution < -0.4 is 0 Å². The summed E-state index contributed by atoms with van der Waals surface area (Å²) >= 11 is 0. The molecule has 4 heteroatoms. The van der Waals surface area contributed by atoms with Crippen LogP contribution in [0.3, 0.4) is 0 Å². The number of benzene rings is 3. The normalized spacial score (nSPS) is 17.9. The van der Waals surface area contributed by atoms with E-state index >= 15 is 0 Å². The summed E-state index contributed by atoms with van der Waals surface area (Å²) in [5, 5.41) is 28.3. The predicted octanol–water partition coefficient (Wildman–Crippen LogP) is 3.99. The number of hydrogen-bond acceptors (Lipinski definition) is 4. The Labute approximate surface area is 133 Å². The fourth-order valence-corrected chi connectivity index (χ4v) is 3.39. The van der Waals surface area contributed by atoms with Crippen molar-refractivity contribution in [1.29, 1.82) is 0 Å². The minimum absolute atomic E-state index is 0.395. The van der Waals surface area contributed by atoms with E-state index in [4.69, 9.17) is 0 Å². The Hall–Kier alpha value is -3.14.